The lowest BCUT2D eigenvalue weighted by Crippen LogP contribution is -1.98. The molecule has 0 spiro atoms. The van der Waals surface area contributed by atoms with Crippen LogP contribution in [0.1, 0.15) is 16.7 Å². The lowest BCUT2D eigenvalue weighted by molar-refractivity contribution is -0.133. The van der Waals surface area contributed by atoms with Crippen LogP contribution in [0, 0.1) is 0 Å². The van der Waals surface area contributed by atoms with Crippen molar-refractivity contribution >= 4 is 43.7 Å². The van der Waals surface area contributed by atoms with Gasteiger partial charge in [-0.15, -0.1) is 0 Å². The number of hydrogen-bond acceptors (Lipinski definition) is 4. The lowest BCUT2D eigenvalue weighted by atomic mass is 9.96. The molecule has 0 fully saturated rings. The maximum Gasteiger partial charge on any atom is 0.339 e. The fourth-order valence-electron chi connectivity index (χ4n) is 2.50. The van der Waals surface area contributed by atoms with E-state index in [1.54, 1.807) is 12.1 Å². The average Bonchev–Trinajstić information content (AvgIpc) is 2.90. The summed E-state index contributed by atoms with van der Waals surface area (Å²) in [5.74, 6) is -0.321. The summed E-state index contributed by atoms with van der Waals surface area (Å²) in [4.78, 5) is 12.1. The van der Waals surface area contributed by atoms with E-state index in [1.807, 2.05) is 36.4 Å². The molecular formula is C17H13BrO4S. The smallest absolute Gasteiger partial charge is 0.339 e. The minimum absolute atomic E-state index is 0.0175. The molecule has 0 amide bonds. The highest BCUT2D eigenvalue weighted by molar-refractivity contribution is 9.10. The van der Waals surface area contributed by atoms with Crippen LogP contribution in [0.3, 0.4) is 0 Å². The van der Waals surface area contributed by atoms with Gasteiger partial charge in [0.2, 0.25) is 0 Å². The molecule has 2 aromatic carbocycles. The third kappa shape index (κ3) is 3.54. The summed E-state index contributed by atoms with van der Waals surface area (Å²) in [5.41, 5.74) is 3.76. The Hall–Kier alpha value is -1.92. The number of thiol groups is 1. The zero-order valence-corrected chi connectivity index (χ0v) is 14.5. The minimum Gasteiger partial charge on any atom is -0.457 e. The molecular weight excluding hydrogens is 380 g/mol. The molecule has 1 aliphatic rings. The molecule has 0 bridgehead atoms. The van der Waals surface area contributed by atoms with Crippen LogP contribution in [0.2, 0.25) is 0 Å². The zero-order chi connectivity index (χ0) is 16.4. The number of ether oxygens (including phenoxy) is 1. The first-order chi connectivity index (χ1) is 11.0. The highest BCUT2D eigenvalue weighted by atomic mass is 79.9. The van der Waals surface area contributed by atoms with Crippen LogP contribution in [0.25, 0.3) is 11.1 Å². The van der Waals surface area contributed by atoms with Crippen molar-refractivity contribution in [2.75, 3.05) is 6.61 Å². The highest BCUT2D eigenvalue weighted by Crippen LogP contribution is 2.33. The largest absolute Gasteiger partial charge is 0.457 e. The third-order valence-electron chi connectivity index (χ3n) is 3.60. The number of carbonyl (C=O) groups is 1. The summed E-state index contributed by atoms with van der Waals surface area (Å²) < 4.78 is 27.7. The number of rotatable bonds is 4. The molecule has 0 saturated carbocycles. The van der Waals surface area contributed by atoms with E-state index in [1.165, 1.54) is 0 Å². The normalized spacial score (nSPS) is 14.4. The lowest BCUT2D eigenvalue weighted by Gasteiger charge is -2.06. The van der Waals surface area contributed by atoms with E-state index in [2.05, 4.69) is 15.9 Å². The fourth-order valence-corrected chi connectivity index (χ4v) is 3.28. The number of carbonyl (C=O) groups excluding carboxylic acids is 1. The number of hydrogen-bond donors (Lipinski definition) is 1. The quantitative estimate of drug-likeness (QED) is 0.641. The molecule has 118 valence electrons. The zero-order valence-electron chi connectivity index (χ0n) is 12.0. The Balaban J connectivity index is 2.01. The van der Waals surface area contributed by atoms with Crippen LogP contribution in [-0.4, -0.2) is 21.0 Å². The Morgan fingerprint density at radius 1 is 0.957 bits per heavy atom. The van der Waals surface area contributed by atoms with Gasteiger partial charge < -0.3 is 4.74 Å². The molecule has 1 heterocycles. The van der Waals surface area contributed by atoms with Crippen LogP contribution >= 0.6 is 15.9 Å². The Bertz CT molecular complexity index is 841. The summed E-state index contributed by atoms with van der Waals surface area (Å²) in [6.07, 6.45) is 0. The van der Waals surface area contributed by atoms with Gasteiger partial charge in [0.05, 0.1) is 11.3 Å². The van der Waals surface area contributed by atoms with Crippen molar-refractivity contribution in [2.24, 2.45) is 0 Å². The summed E-state index contributed by atoms with van der Waals surface area (Å²) in [6, 6.07) is 14.6. The molecule has 23 heavy (non-hydrogen) atoms. The second kappa shape index (κ2) is 6.68. The van der Waals surface area contributed by atoms with Gasteiger partial charge in [-0.05, 0) is 28.8 Å². The number of cyclic esters (lactones) is 1. The van der Waals surface area contributed by atoms with E-state index in [9.17, 15) is 13.2 Å². The van der Waals surface area contributed by atoms with Gasteiger partial charge in [0.15, 0.2) is 0 Å². The van der Waals surface area contributed by atoms with Crippen molar-refractivity contribution in [2.45, 2.75) is 5.75 Å². The standard InChI is InChI=1S/C17H13BrO4S/c18-14-7-5-13(6-8-14)16-15(9-22-17(16)19)12-3-1-11(2-4-12)10-23(20)21/h1-8,23H,9-10H2. The predicted octanol–water partition coefficient (Wildman–Crippen LogP) is 3.03. The van der Waals surface area contributed by atoms with E-state index in [0.29, 0.717) is 5.57 Å². The molecule has 6 heteroatoms. The Labute approximate surface area is 143 Å². The van der Waals surface area contributed by atoms with Crippen LogP contribution in [-0.2, 0) is 26.0 Å². The molecule has 0 atom stereocenters. The van der Waals surface area contributed by atoms with Gasteiger partial charge >= 0.3 is 5.97 Å². The molecule has 0 N–H and O–H groups in total. The molecule has 4 nitrogen and oxygen atoms in total. The summed E-state index contributed by atoms with van der Waals surface area (Å²) in [6.45, 7) is 0.222. The number of esters is 1. The molecule has 0 aromatic heterocycles. The van der Waals surface area contributed by atoms with Crippen molar-refractivity contribution in [3.8, 4) is 0 Å². The first-order valence-electron chi connectivity index (χ1n) is 6.92. The maximum atomic E-state index is 12.1. The Kier molecular flexibility index (Phi) is 4.63. The summed E-state index contributed by atoms with van der Waals surface area (Å²) >= 11 is 3.37. The van der Waals surface area contributed by atoms with E-state index in [0.717, 1.165) is 26.7 Å². The van der Waals surface area contributed by atoms with Crippen molar-refractivity contribution in [3.05, 3.63) is 69.7 Å². The summed E-state index contributed by atoms with van der Waals surface area (Å²) in [7, 11) is -2.45. The van der Waals surface area contributed by atoms with Gasteiger partial charge in [-0.1, -0.05) is 52.3 Å². The first-order valence-corrected chi connectivity index (χ1v) is 9.07. The van der Waals surface area contributed by atoms with Crippen molar-refractivity contribution in [1.29, 1.82) is 0 Å². The predicted molar refractivity (Wildman–Crippen MR) is 92.4 cm³/mol. The molecule has 1 aliphatic heterocycles. The molecule has 0 saturated heterocycles. The molecule has 3 rings (SSSR count). The minimum atomic E-state index is -2.45. The van der Waals surface area contributed by atoms with E-state index in [4.69, 9.17) is 4.74 Å². The fraction of sp³-hybridized carbons (Fsp3) is 0.118. The molecule has 0 unspecified atom stereocenters. The van der Waals surface area contributed by atoms with Crippen molar-refractivity contribution in [3.63, 3.8) is 0 Å². The van der Waals surface area contributed by atoms with Gasteiger partial charge in [0.25, 0.3) is 0 Å². The van der Waals surface area contributed by atoms with Crippen LogP contribution in [0.5, 0.6) is 0 Å². The van der Waals surface area contributed by atoms with Gasteiger partial charge in [0, 0.05) is 10.0 Å². The Morgan fingerprint density at radius 2 is 1.57 bits per heavy atom. The number of benzene rings is 2. The maximum absolute atomic E-state index is 12.1. The van der Waals surface area contributed by atoms with E-state index < -0.39 is 10.7 Å². The SMILES string of the molecule is O=C1OCC(c2ccc(C[SH](=O)=O)cc2)=C1c1ccc(Br)cc1. The van der Waals surface area contributed by atoms with Crippen molar-refractivity contribution < 1.29 is 17.9 Å². The third-order valence-corrected chi connectivity index (χ3v) is 4.75. The molecule has 2 aromatic rings. The van der Waals surface area contributed by atoms with Crippen molar-refractivity contribution in [1.82, 2.24) is 0 Å². The monoisotopic (exact) mass is 392 g/mol. The van der Waals surface area contributed by atoms with Gasteiger partial charge in [-0.25, -0.2) is 13.2 Å². The van der Waals surface area contributed by atoms with Crippen LogP contribution < -0.4 is 0 Å². The van der Waals surface area contributed by atoms with Gasteiger partial charge in [0.1, 0.15) is 17.3 Å². The number of halogens is 1. The van der Waals surface area contributed by atoms with Gasteiger partial charge in [-0.2, -0.15) is 0 Å². The van der Waals surface area contributed by atoms with E-state index in [-0.39, 0.29) is 18.3 Å². The van der Waals surface area contributed by atoms with E-state index >= 15 is 0 Å². The second-order valence-electron chi connectivity index (χ2n) is 5.12. The van der Waals surface area contributed by atoms with Crippen LogP contribution in [0.4, 0.5) is 0 Å². The molecule has 0 aliphatic carbocycles. The first kappa shape index (κ1) is 16.0. The highest BCUT2D eigenvalue weighted by Gasteiger charge is 2.27. The summed E-state index contributed by atoms with van der Waals surface area (Å²) in [5, 5.41) is 0. The topological polar surface area (TPSA) is 60.4 Å². The Morgan fingerprint density at radius 3 is 2.17 bits per heavy atom. The van der Waals surface area contributed by atoms with Gasteiger partial charge in [-0.3, -0.25) is 0 Å². The second-order valence-corrected chi connectivity index (χ2v) is 7.02. The van der Waals surface area contributed by atoms with Crippen LogP contribution in [0.15, 0.2) is 53.0 Å². The molecule has 0 radical (unpaired) electrons. The average molecular weight is 393 g/mol.